The first kappa shape index (κ1) is 18.1. The molecule has 1 saturated carbocycles. The molecular formula is C19H26Cl2O3. The summed E-state index contributed by atoms with van der Waals surface area (Å²) in [6.45, 7) is 6.52. The Bertz CT molecular complexity index is 591. The third-order valence-electron chi connectivity index (χ3n) is 5.25. The maximum atomic E-state index is 12.3. The van der Waals surface area contributed by atoms with Gasteiger partial charge in [0.2, 0.25) is 0 Å². The van der Waals surface area contributed by atoms with Crippen molar-refractivity contribution in [3.63, 3.8) is 0 Å². The Kier molecular flexibility index (Phi) is 5.22. The van der Waals surface area contributed by atoms with E-state index in [0.29, 0.717) is 25.4 Å². The van der Waals surface area contributed by atoms with Crippen molar-refractivity contribution >= 4 is 29.0 Å². The molecular weight excluding hydrogens is 347 g/mol. The number of carbonyl (C=O) groups is 1. The predicted octanol–water partition coefficient (Wildman–Crippen LogP) is 5.11. The van der Waals surface area contributed by atoms with Gasteiger partial charge in [0.15, 0.2) is 5.78 Å². The lowest BCUT2D eigenvalue weighted by Crippen LogP contribution is -2.35. The molecule has 24 heavy (non-hydrogen) atoms. The van der Waals surface area contributed by atoms with Gasteiger partial charge in [0.1, 0.15) is 17.1 Å². The highest BCUT2D eigenvalue weighted by atomic mass is 35.5. The van der Waals surface area contributed by atoms with Gasteiger partial charge in [0, 0.05) is 34.2 Å². The molecule has 0 spiro atoms. The lowest BCUT2D eigenvalue weighted by Gasteiger charge is -2.37. The fourth-order valence-electron chi connectivity index (χ4n) is 3.81. The van der Waals surface area contributed by atoms with E-state index in [1.807, 2.05) is 20.8 Å². The molecule has 0 N–H and O–H groups in total. The molecule has 0 bridgehead atoms. The van der Waals surface area contributed by atoms with Gasteiger partial charge < -0.3 is 9.47 Å². The summed E-state index contributed by atoms with van der Waals surface area (Å²) in [5, 5.41) is 0.267. The monoisotopic (exact) mass is 372 g/mol. The van der Waals surface area contributed by atoms with Crippen molar-refractivity contribution in [2.75, 3.05) is 6.61 Å². The topological polar surface area (TPSA) is 35.5 Å². The molecule has 0 aromatic rings. The van der Waals surface area contributed by atoms with Gasteiger partial charge in [-0.05, 0) is 46.5 Å². The van der Waals surface area contributed by atoms with Gasteiger partial charge in [0.25, 0.3) is 0 Å². The highest BCUT2D eigenvalue weighted by Gasteiger charge is 2.38. The second kappa shape index (κ2) is 6.92. The summed E-state index contributed by atoms with van der Waals surface area (Å²) in [5.74, 6) is 2.23. The summed E-state index contributed by atoms with van der Waals surface area (Å²) in [6, 6.07) is 0. The minimum Gasteiger partial charge on any atom is -0.497 e. The van der Waals surface area contributed by atoms with Crippen LogP contribution in [0.1, 0.15) is 59.3 Å². The third-order valence-corrected chi connectivity index (χ3v) is 6.18. The Balaban J connectivity index is 1.70. The van der Waals surface area contributed by atoms with Crippen molar-refractivity contribution in [3.05, 3.63) is 22.7 Å². The minimum atomic E-state index is -0.445. The summed E-state index contributed by atoms with van der Waals surface area (Å²) in [6.07, 6.45) is 4.76. The Hall–Kier alpha value is -0.670. The number of Topliss-reactive ketones (excluding diaryl/α,β-unsaturated/α-hetero) is 1. The fourth-order valence-corrected chi connectivity index (χ4v) is 4.63. The van der Waals surface area contributed by atoms with Crippen LogP contribution in [-0.4, -0.2) is 28.7 Å². The van der Waals surface area contributed by atoms with E-state index in [1.54, 1.807) is 0 Å². The molecule has 1 heterocycles. The second-order valence-corrected chi connectivity index (χ2v) is 8.99. The molecule has 2 aliphatic carbocycles. The Morgan fingerprint density at radius 3 is 2.71 bits per heavy atom. The molecule has 3 rings (SSSR count). The zero-order valence-electron chi connectivity index (χ0n) is 14.7. The molecule has 3 unspecified atom stereocenters. The van der Waals surface area contributed by atoms with Gasteiger partial charge in [-0.1, -0.05) is 0 Å². The molecule has 3 aliphatic rings. The molecule has 3 atom stereocenters. The van der Waals surface area contributed by atoms with Gasteiger partial charge in [-0.2, -0.15) is 0 Å². The normalized spacial score (nSPS) is 33.2. The van der Waals surface area contributed by atoms with Crippen molar-refractivity contribution < 1.29 is 14.3 Å². The van der Waals surface area contributed by atoms with E-state index in [-0.39, 0.29) is 16.5 Å². The van der Waals surface area contributed by atoms with Crippen LogP contribution in [0.2, 0.25) is 0 Å². The predicted molar refractivity (Wildman–Crippen MR) is 96.3 cm³/mol. The third kappa shape index (κ3) is 3.77. The average molecular weight is 373 g/mol. The number of alkyl halides is 2. The highest BCUT2D eigenvalue weighted by molar-refractivity contribution is 6.23. The average Bonchev–Trinajstić information content (AvgIpc) is 2.48. The van der Waals surface area contributed by atoms with Crippen LogP contribution < -0.4 is 0 Å². The van der Waals surface area contributed by atoms with Gasteiger partial charge in [-0.3, -0.25) is 4.79 Å². The number of ether oxygens (including phenoxy) is 2. The largest absolute Gasteiger partial charge is 0.497 e. The molecule has 0 radical (unpaired) electrons. The Morgan fingerprint density at radius 1 is 1.25 bits per heavy atom. The van der Waals surface area contributed by atoms with Gasteiger partial charge in [-0.15, -0.1) is 23.2 Å². The first-order valence-electron chi connectivity index (χ1n) is 8.83. The van der Waals surface area contributed by atoms with E-state index >= 15 is 0 Å². The molecule has 0 amide bonds. The maximum absolute atomic E-state index is 12.3. The smallest absolute Gasteiger partial charge is 0.166 e. The molecule has 5 heteroatoms. The van der Waals surface area contributed by atoms with Gasteiger partial charge >= 0.3 is 0 Å². The molecule has 1 aliphatic heterocycles. The second-order valence-electron chi connectivity index (χ2n) is 7.81. The summed E-state index contributed by atoms with van der Waals surface area (Å²) in [7, 11) is 0. The van der Waals surface area contributed by atoms with Crippen LogP contribution in [0.4, 0.5) is 0 Å². The van der Waals surface area contributed by atoms with E-state index < -0.39 is 5.60 Å². The molecule has 0 aromatic heterocycles. The van der Waals surface area contributed by atoms with Crippen LogP contribution in [0.25, 0.3) is 0 Å². The lowest BCUT2D eigenvalue weighted by atomic mass is 9.85. The van der Waals surface area contributed by atoms with Crippen LogP contribution in [0, 0.1) is 5.92 Å². The number of rotatable bonds is 3. The number of halogens is 2. The first-order chi connectivity index (χ1) is 11.3. The number of ketones is 1. The summed E-state index contributed by atoms with van der Waals surface area (Å²) < 4.78 is 12.2. The number of hydrogen-bond donors (Lipinski definition) is 0. The molecule has 3 nitrogen and oxygen atoms in total. The zero-order valence-corrected chi connectivity index (χ0v) is 16.2. The van der Waals surface area contributed by atoms with Crippen LogP contribution in [0.5, 0.6) is 0 Å². The molecule has 134 valence electrons. The van der Waals surface area contributed by atoms with E-state index in [0.717, 1.165) is 48.3 Å². The zero-order chi connectivity index (χ0) is 17.5. The van der Waals surface area contributed by atoms with E-state index in [1.165, 1.54) is 0 Å². The van der Waals surface area contributed by atoms with Crippen molar-refractivity contribution in [1.82, 2.24) is 0 Å². The summed E-state index contributed by atoms with van der Waals surface area (Å²) in [5.41, 5.74) is 1.35. The van der Waals surface area contributed by atoms with E-state index in [2.05, 4.69) is 0 Å². The van der Waals surface area contributed by atoms with E-state index in [4.69, 9.17) is 32.7 Å². The standard InChI is InChI=1S/C19H26Cl2O3/c1-11-17(23-10-12-4-5-13(20)8-15(12)21)7-6-14-16(22)9-19(2,3)24-18(11)14/h12-13,15H,4-10H2,1-3H3. The van der Waals surface area contributed by atoms with Gasteiger partial charge in [-0.25, -0.2) is 0 Å². The minimum absolute atomic E-state index is 0.0759. The molecule has 0 saturated heterocycles. The summed E-state index contributed by atoms with van der Waals surface area (Å²) in [4.78, 5) is 12.3. The van der Waals surface area contributed by atoms with Crippen molar-refractivity contribution in [2.24, 2.45) is 5.92 Å². The van der Waals surface area contributed by atoms with Gasteiger partial charge in [0.05, 0.1) is 13.0 Å². The van der Waals surface area contributed by atoms with Crippen LogP contribution >= 0.6 is 23.2 Å². The van der Waals surface area contributed by atoms with Crippen LogP contribution in [-0.2, 0) is 14.3 Å². The Morgan fingerprint density at radius 2 is 2.00 bits per heavy atom. The lowest BCUT2D eigenvalue weighted by molar-refractivity contribution is -0.123. The SMILES string of the molecule is CC1=C(OCC2CCC(Cl)CC2Cl)CCC2=C1OC(C)(C)CC2=O. The number of allylic oxidation sites excluding steroid dienone is 3. The van der Waals surface area contributed by atoms with Crippen molar-refractivity contribution in [1.29, 1.82) is 0 Å². The first-order valence-corrected chi connectivity index (χ1v) is 9.70. The van der Waals surface area contributed by atoms with Crippen LogP contribution in [0.3, 0.4) is 0 Å². The number of carbonyl (C=O) groups excluding carboxylic acids is 1. The fraction of sp³-hybridized carbons (Fsp3) is 0.737. The Labute approximate surface area is 154 Å². The van der Waals surface area contributed by atoms with Crippen LogP contribution in [0.15, 0.2) is 22.7 Å². The quantitative estimate of drug-likeness (QED) is 0.645. The highest BCUT2D eigenvalue weighted by Crippen LogP contribution is 2.40. The van der Waals surface area contributed by atoms with Crippen molar-refractivity contribution in [2.45, 2.75) is 75.7 Å². The number of hydrogen-bond acceptors (Lipinski definition) is 3. The van der Waals surface area contributed by atoms with Crippen molar-refractivity contribution in [3.8, 4) is 0 Å². The maximum Gasteiger partial charge on any atom is 0.166 e. The molecule has 0 aromatic carbocycles. The summed E-state index contributed by atoms with van der Waals surface area (Å²) >= 11 is 12.6. The van der Waals surface area contributed by atoms with E-state index in [9.17, 15) is 4.79 Å². The molecule has 1 fully saturated rings.